The monoisotopic (exact) mass is 404 g/mol. The molecular weight excluding hydrogens is 380 g/mol. The number of hydrogen-bond acceptors (Lipinski definition) is 7. The Balaban J connectivity index is 1.53. The number of rotatable bonds is 2. The van der Waals surface area contributed by atoms with Gasteiger partial charge in [0.1, 0.15) is 11.5 Å². The van der Waals surface area contributed by atoms with Crippen molar-refractivity contribution >= 4 is 17.1 Å². The number of likely N-dealkylation sites (N-methyl/N-ethyl adjacent to an activating group) is 1. The Bertz CT molecular complexity index is 1300. The van der Waals surface area contributed by atoms with Crippen LogP contribution in [0.1, 0.15) is 19.7 Å². The first-order chi connectivity index (χ1) is 14.4. The molecule has 1 saturated heterocycles. The lowest BCUT2D eigenvalue weighted by molar-refractivity contribution is 0.170. The summed E-state index contributed by atoms with van der Waals surface area (Å²) in [6.45, 7) is 8.12. The predicted molar refractivity (Wildman–Crippen MR) is 115 cm³/mol. The Kier molecular flexibility index (Phi) is 4.28. The Morgan fingerprint density at radius 3 is 2.60 bits per heavy atom. The minimum Gasteiger partial charge on any atom is -0.367 e. The van der Waals surface area contributed by atoms with Crippen LogP contribution in [0, 0.1) is 6.92 Å². The number of aryl methyl sites for hydroxylation is 1. The van der Waals surface area contributed by atoms with Crippen molar-refractivity contribution in [3.05, 3.63) is 53.0 Å². The van der Waals surface area contributed by atoms with Crippen molar-refractivity contribution in [2.24, 2.45) is 0 Å². The quantitative estimate of drug-likeness (QED) is 0.502. The van der Waals surface area contributed by atoms with E-state index < -0.39 is 0 Å². The molecule has 4 aromatic heterocycles. The third-order valence-corrected chi connectivity index (χ3v) is 5.96. The third-order valence-electron chi connectivity index (χ3n) is 5.96. The van der Waals surface area contributed by atoms with Crippen molar-refractivity contribution in [3.63, 3.8) is 0 Å². The van der Waals surface area contributed by atoms with Crippen molar-refractivity contribution in [2.45, 2.75) is 32.9 Å². The summed E-state index contributed by atoms with van der Waals surface area (Å²) in [5, 5.41) is 4.29. The van der Waals surface area contributed by atoms with Gasteiger partial charge in [0.2, 0.25) is 0 Å². The lowest BCUT2D eigenvalue weighted by Crippen LogP contribution is -2.55. The highest BCUT2D eigenvalue weighted by molar-refractivity contribution is 5.62. The topological polar surface area (TPSA) is 83.9 Å². The third kappa shape index (κ3) is 3.11. The van der Waals surface area contributed by atoms with E-state index in [1.54, 1.807) is 27.4 Å². The van der Waals surface area contributed by atoms with Gasteiger partial charge in [-0.2, -0.15) is 10.1 Å². The molecule has 1 aliphatic heterocycles. The first-order valence-electron chi connectivity index (χ1n) is 10.1. The summed E-state index contributed by atoms with van der Waals surface area (Å²) < 4.78 is 3.21. The van der Waals surface area contributed by atoms with Crippen molar-refractivity contribution in [3.8, 4) is 11.3 Å². The van der Waals surface area contributed by atoms with E-state index in [0.29, 0.717) is 35.0 Å². The summed E-state index contributed by atoms with van der Waals surface area (Å²) in [6, 6.07) is 6.38. The minimum absolute atomic E-state index is 0.123. The van der Waals surface area contributed by atoms with E-state index in [2.05, 4.69) is 50.7 Å². The molecule has 2 atom stereocenters. The Morgan fingerprint density at radius 1 is 1.07 bits per heavy atom. The van der Waals surface area contributed by atoms with Crippen LogP contribution >= 0.6 is 0 Å². The fourth-order valence-corrected chi connectivity index (χ4v) is 4.06. The molecule has 0 amide bonds. The molecule has 0 aliphatic carbocycles. The molecule has 0 aromatic carbocycles. The second kappa shape index (κ2) is 6.88. The van der Waals surface area contributed by atoms with Crippen molar-refractivity contribution < 1.29 is 0 Å². The maximum atomic E-state index is 12.9. The highest BCUT2D eigenvalue weighted by atomic mass is 16.1. The van der Waals surface area contributed by atoms with Crippen LogP contribution < -0.4 is 10.5 Å². The van der Waals surface area contributed by atoms with Crippen LogP contribution in [0.4, 0.5) is 5.69 Å². The smallest absolute Gasteiger partial charge is 0.258 e. The summed E-state index contributed by atoms with van der Waals surface area (Å²) in [5.74, 6) is 1.17. The molecule has 4 aromatic rings. The molecule has 0 N–H and O–H groups in total. The average Bonchev–Trinajstić information content (AvgIpc) is 3.10. The van der Waals surface area contributed by atoms with E-state index in [1.165, 1.54) is 0 Å². The van der Waals surface area contributed by atoms with E-state index in [1.807, 2.05) is 25.3 Å². The zero-order valence-electron chi connectivity index (χ0n) is 17.5. The number of pyridine rings is 1. The molecule has 154 valence electrons. The molecule has 0 bridgehead atoms. The largest absolute Gasteiger partial charge is 0.367 e. The van der Waals surface area contributed by atoms with Gasteiger partial charge < -0.3 is 4.90 Å². The molecule has 5 heterocycles. The van der Waals surface area contributed by atoms with Crippen LogP contribution in [0.5, 0.6) is 0 Å². The highest BCUT2D eigenvalue weighted by Gasteiger charge is 2.26. The SMILES string of the molecule is Cc1nc2ncc(-c3cc(=O)n4cc(N5C[C@@H](C)N(C)[C@@H](C)C5)ccc4n3)cn2n1. The van der Waals surface area contributed by atoms with Crippen molar-refractivity contribution in [2.75, 3.05) is 25.0 Å². The minimum atomic E-state index is -0.123. The molecule has 0 saturated carbocycles. The zero-order valence-corrected chi connectivity index (χ0v) is 17.5. The first-order valence-corrected chi connectivity index (χ1v) is 10.1. The van der Waals surface area contributed by atoms with Gasteiger partial charge in [0.15, 0.2) is 0 Å². The molecular formula is C21H24N8O. The fourth-order valence-electron chi connectivity index (χ4n) is 4.06. The van der Waals surface area contributed by atoms with E-state index >= 15 is 0 Å². The predicted octanol–water partition coefficient (Wildman–Crippen LogP) is 1.64. The molecule has 1 aliphatic rings. The van der Waals surface area contributed by atoms with Gasteiger partial charge >= 0.3 is 0 Å². The molecule has 30 heavy (non-hydrogen) atoms. The highest BCUT2D eigenvalue weighted by Crippen LogP contribution is 2.22. The van der Waals surface area contributed by atoms with E-state index in [9.17, 15) is 4.79 Å². The first kappa shape index (κ1) is 18.7. The normalized spacial score (nSPS) is 20.3. The van der Waals surface area contributed by atoms with Gasteiger partial charge in [0.05, 0.1) is 11.4 Å². The van der Waals surface area contributed by atoms with Crippen LogP contribution in [0.15, 0.2) is 41.6 Å². The van der Waals surface area contributed by atoms with E-state index in [0.717, 1.165) is 24.3 Å². The Labute approximate surface area is 173 Å². The second-order valence-electron chi connectivity index (χ2n) is 8.11. The van der Waals surface area contributed by atoms with Crippen LogP contribution in [0.3, 0.4) is 0 Å². The lowest BCUT2D eigenvalue weighted by atomic mass is 10.1. The Hall–Kier alpha value is -3.33. The van der Waals surface area contributed by atoms with Gasteiger partial charge in [0, 0.05) is 55.4 Å². The summed E-state index contributed by atoms with van der Waals surface area (Å²) in [4.78, 5) is 30.8. The van der Waals surface area contributed by atoms with Gasteiger partial charge in [0.25, 0.3) is 11.3 Å². The molecule has 0 spiro atoms. The van der Waals surface area contributed by atoms with Gasteiger partial charge in [-0.15, -0.1) is 0 Å². The van der Waals surface area contributed by atoms with Gasteiger partial charge in [-0.25, -0.2) is 14.5 Å². The number of hydrogen-bond donors (Lipinski definition) is 0. The molecule has 0 unspecified atom stereocenters. The van der Waals surface area contributed by atoms with E-state index in [4.69, 9.17) is 0 Å². The molecule has 9 nitrogen and oxygen atoms in total. The van der Waals surface area contributed by atoms with Gasteiger partial charge in [-0.05, 0) is 40.0 Å². The molecule has 0 radical (unpaired) electrons. The number of anilines is 1. The number of nitrogens with zero attached hydrogens (tertiary/aromatic N) is 8. The van der Waals surface area contributed by atoms with Gasteiger partial charge in [-0.1, -0.05) is 0 Å². The molecule has 5 rings (SSSR count). The number of aromatic nitrogens is 6. The fraction of sp³-hybridized carbons (Fsp3) is 0.381. The standard InChI is InChI=1S/C21H24N8O/c1-13-9-27(10-14(2)26(13)4)17-5-6-19-24-18(7-20(30)28(19)12-17)16-8-22-21-23-15(3)25-29(21)11-16/h5-8,11-14H,9-10H2,1-4H3/t13-,14+. The second-order valence-corrected chi connectivity index (χ2v) is 8.11. The van der Waals surface area contributed by atoms with Gasteiger partial charge in [-0.3, -0.25) is 14.1 Å². The molecule has 1 fully saturated rings. The molecule has 9 heteroatoms. The van der Waals surface area contributed by atoms with E-state index in [-0.39, 0.29) is 5.56 Å². The maximum Gasteiger partial charge on any atom is 0.258 e. The summed E-state index contributed by atoms with van der Waals surface area (Å²) in [7, 11) is 2.16. The van der Waals surface area contributed by atoms with Crippen LogP contribution in [-0.4, -0.2) is 66.1 Å². The zero-order chi connectivity index (χ0) is 21.0. The number of piperazine rings is 1. The summed E-state index contributed by atoms with van der Waals surface area (Å²) >= 11 is 0. The number of fused-ring (bicyclic) bond motifs is 2. The van der Waals surface area contributed by atoms with Crippen molar-refractivity contribution in [1.82, 2.24) is 33.9 Å². The van der Waals surface area contributed by atoms with Crippen LogP contribution in [0.25, 0.3) is 22.7 Å². The van der Waals surface area contributed by atoms with Crippen molar-refractivity contribution in [1.29, 1.82) is 0 Å². The maximum absolute atomic E-state index is 12.9. The Morgan fingerprint density at radius 2 is 1.83 bits per heavy atom. The average molecular weight is 404 g/mol. The van der Waals surface area contributed by atoms with Crippen LogP contribution in [-0.2, 0) is 0 Å². The summed E-state index contributed by atoms with van der Waals surface area (Å²) in [5.41, 5.74) is 2.80. The van der Waals surface area contributed by atoms with Crippen LogP contribution in [0.2, 0.25) is 0 Å². The summed E-state index contributed by atoms with van der Waals surface area (Å²) in [6.07, 6.45) is 5.35. The lowest BCUT2D eigenvalue weighted by Gasteiger charge is -2.43.